The summed E-state index contributed by atoms with van der Waals surface area (Å²) in [6.45, 7) is 5.71. The van der Waals surface area contributed by atoms with Gasteiger partial charge in [-0.25, -0.2) is 4.99 Å². The molecule has 0 aliphatic heterocycles. The minimum atomic E-state index is 0. The summed E-state index contributed by atoms with van der Waals surface area (Å²) in [4.78, 5) is 11.9. The van der Waals surface area contributed by atoms with Crippen molar-refractivity contribution in [1.29, 1.82) is 0 Å². The van der Waals surface area contributed by atoms with Crippen LogP contribution >= 0.6 is 46.9 Å². The number of hydrogen-bond acceptors (Lipinski definition) is 5. The number of aryl methyl sites for hydroxylation is 1. The Balaban J connectivity index is 0.00000242. The number of thiophene rings is 1. The predicted octanol–water partition coefficient (Wildman–Crippen LogP) is 3.31. The summed E-state index contributed by atoms with van der Waals surface area (Å²) in [5.74, 6) is 1.92. The van der Waals surface area contributed by atoms with Gasteiger partial charge < -0.3 is 14.7 Å². The van der Waals surface area contributed by atoms with Crippen LogP contribution in [0.15, 0.2) is 21.6 Å². The van der Waals surface area contributed by atoms with E-state index >= 15 is 0 Å². The first-order valence-corrected chi connectivity index (χ1v) is 7.80. The normalized spacial score (nSPS) is 11.2. The van der Waals surface area contributed by atoms with E-state index in [1.807, 2.05) is 31.0 Å². The van der Waals surface area contributed by atoms with E-state index in [2.05, 4.69) is 20.4 Å². The standard InChI is InChI=1S/C13H18ClN5OS.HI/c1-4-15-13(16-7-12-17-9(2)20-18-12)19(3)8-10-5-6-11(14)21-10;/h5-6H,4,7-8H2,1-3H3,(H,15,16);1H. The van der Waals surface area contributed by atoms with Crippen molar-refractivity contribution in [3.63, 3.8) is 0 Å². The molecule has 0 radical (unpaired) electrons. The lowest BCUT2D eigenvalue weighted by atomic mass is 10.4. The minimum absolute atomic E-state index is 0. The summed E-state index contributed by atoms with van der Waals surface area (Å²) in [7, 11) is 1.98. The lowest BCUT2D eigenvalue weighted by molar-refractivity contribution is 0.387. The zero-order valence-corrected chi connectivity index (χ0v) is 16.6. The molecule has 0 saturated carbocycles. The Morgan fingerprint density at radius 2 is 2.27 bits per heavy atom. The first kappa shape index (κ1) is 19.2. The van der Waals surface area contributed by atoms with Crippen molar-refractivity contribution in [2.24, 2.45) is 4.99 Å². The molecule has 122 valence electrons. The van der Waals surface area contributed by atoms with Gasteiger partial charge in [0.1, 0.15) is 6.54 Å². The number of aliphatic imine (C=N–C) groups is 1. The molecule has 2 heterocycles. The van der Waals surface area contributed by atoms with E-state index in [9.17, 15) is 0 Å². The highest BCUT2D eigenvalue weighted by atomic mass is 127. The minimum Gasteiger partial charge on any atom is -0.357 e. The highest BCUT2D eigenvalue weighted by molar-refractivity contribution is 14.0. The van der Waals surface area contributed by atoms with Crippen LogP contribution in [-0.4, -0.2) is 34.6 Å². The number of halogens is 2. The van der Waals surface area contributed by atoms with Gasteiger partial charge in [-0.1, -0.05) is 16.8 Å². The number of aromatic nitrogens is 2. The smallest absolute Gasteiger partial charge is 0.223 e. The molecule has 0 atom stereocenters. The Morgan fingerprint density at radius 3 is 2.82 bits per heavy atom. The van der Waals surface area contributed by atoms with E-state index in [0.717, 1.165) is 23.4 Å². The van der Waals surface area contributed by atoms with Gasteiger partial charge in [0.25, 0.3) is 0 Å². The molecule has 0 bridgehead atoms. The van der Waals surface area contributed by atoms with E-state index in [1.165, 1.54) is 4.88 Å². The van der Waals surface area contributed by atoms with Crippen LogP contribution in [-0.2, 0) is 13.1 Å². The fraction of sp³-hybridized carbons (Fsp3) is 0.462. The van der Waals surface area contributed by atoms with Gasteiger partial charge in [-0.3, -0.25) is 0 Å². The first-order chi connectivity index (χ1) is 10.1. The van der Waals surface area contributed by atoms with Crippen LogP contribution in [0.25, 0.3) is 0 Å². The van der Waals surface area contributed by atoms with Crippen molar-refractivity contribution in [3.8, 4) is 0 Å². The Bertz CT molecular complexity index is 615. The van der Waals surface area contributed by atoms with Crippen molar-refractivity contribution in [2.75, 3.05) is 13.6 Å². The molecular weight excluding hydrogens is 437 g/mol. The molecule has 0 aliphatic rings. The third kappa shape index (κ3) is 5.73. The molecule has 1 N–H and O–H groups in total. The lowest BCUT2D eigenvalue weighted by Crippen LogP contribution is -2.38. The fourth-order valence-electron chi connectivity index (χ4n) is 1.77. The van der Waals surface area contributed by atoms with E-state index < -0.39 is 0 Å². The highest BCUT2D eigenvalue weighted by Gasteiger charge is 2.09. The van der Waals surface area contributed by atoms with Gasteiger partial charge in [0.15, 0.2) is 11.8 Å². The quantitative estimate of drug-likeness (QED) is 0.426. The summed E-state index contributed by atoms with van der Waals surface area (Å²) in [6.07, 6.45) is 0. The molecule has 2 rings (SSSR count). The summed E-state index contributed by atoms with van der Waals surface area (Å²) >= 11 is 7.53. The van der Waals surface area contributed by atoms with Gasteiger partial charge in [0.05, 0.1) is 10.9 Å². The summed E-state index contributed by atoms with van der Waals surface area (Å²) < 4.78 is 5.73. The molecule has 6 nitrogen and oxygen atoms in total. The first-order valence-electron chi connectivity index (χ1n) is 6.61. The molecule has 0 spiro atoms. The van der Waals surface area contributed by atoms with Crippen LogP contribution in [0, 0.1) is 6.92 Å². The van der Waals surface area contributed by atoms with Crippen LogP contribution in [0.3, 0.4) is 0 Å². The Kier molecular flexibility index (Phi) is 8.12. The maximum Gasteiger partial charge on any atom is 0.223 e. The lowest BCUT2D eigenvalue weighted by Gasteiger charge is -2.21. The fourth-order valence-corrected chi connectivity index (χ4v) is 2.91. The van der Waals surface area contributed by atoms with E-state index in [1.54, 1.807) is 18.3 Å². The molecule has 0 aromatic carbocycles. The topological polar surface area (TPSA) is 66.5 Å². The largest absolute Gasteiger partial charge is 0.357 e. The molecule has 0 fully saturated rings. The maximum absolute atomic E-state index is 5.96. The van der Waals surface area contributed by atoms with Crippen LogP contribution in [0.5, 0.6) is 0 Å². The summed E-state index contributed by atoms with van der Waals surface area (Å²) in [6, 6.07) is 3.93. The number of rotatable bonds is 5. The van der Waals surface area contributed by atoms with Gasteiger partial charge in [-0.05, 0) is 19.1 Å². The number of hydrogen-bond donors (Lipinski definition) is 1. The van der Waals surface area contributed by atoms with E-state index in [0.29, 0.717) is 18.3 Å². The second-order valence-corrected chi connectivity index (χ2v) is 6.26. The molecule has 0 aliphatic carbocycles. The van der Waals surface area contributed by atoms with Crippen LogP contribution < -0.4 is 5.32 Å². The average Bonchev–Trinajstić information content (AvgIpc) is 3.03. The average molecular weight is 456 g/mol. The Labute approximate surface area is 156 Å². The number of guanidine groups is 1. The molecule has 0 saturated heterocycles. The van der Waals surface area contributed by atoms with Crippen molar-refractivity contribution in [2.45, 2.75) is 26.9 Å². The van der Waals surface area contributed by atoms with Crippen molar-refractivity contribution in [3.05, 3.63) is 33.1 Å². The molecule has 0 amide bonds. The van der Waals surface area contributed by atoms with E-state index in [-0.39, 0.29) is 24.0 Å². The van der Waals surface area contributed by atoms with Gasteiger partial charge in [-0.2, -0.15) is 4.98 Å². The molecular formula is C13H19ClIN5OS. The molecule has 22 heavy (non-hydrogen) atoms. The predicted molar refractivity (Wildman–Crippen MR) is 100 cm³/mol. The molecule has 0 unspecified atom stereocenters. The summed E-state index contributed by atoms with van der Waals surface area (Å²) in [5.41, 5.74) is 0. The van der Waals surface area contributed by atoms with Crippen LogP contribution in [0.4, 0.5) is 0 Å². The Morgan fingerprint density at radius 1 is 1.50 bits per heavy atom. The third-order valence-corrected chi connectivity index (χ3v) is 3.87. The van der Waals surface area contributed by atoms with Gasteiger partial charge in [0, 0.05) is 25.4 Å². The van der Waals surface area contributed by atoms with Gasteiger partial charge in [0.2, 0.25) is 5.89 Å². The zero-order chi connectivity index (χ0) is 15.2. The third-order valence-electron chi connectivity index (χ3n) is 2.66. The van der Waals surface area contributed by atoms with Crippen molar-refractivity contribution < 1.29 is 4.52 Å². The molecule has 2 aromatic heterocycles. The highest BCUT2D eigenvalue weighted by Crippen LogP contribution is 2.22. The summed E-state index contributed by atoms with van der Waals surface area (Å²) in [5, 5.41) is 7.09. The zero-order valence-electron chi connectivity index (χ0n) is 12.7. The van der Waals surface area contributed by atoms with Crippen LogP contribution in [0.1, 0.15) is 23.5 Å². The van der Waals surface area contributed by atoms with Gasteiger partial charge >= 0.3 is 0 Å². The number of nitrogens with zero attached hydrogens (tertiary/aromatic N) is 4. The Hall–Kier alpha value is -0.870. The van der Waals surface area contributed by atoms with Gasteiger partial charge in [-0.15, -0.1) is 35.3 Å². The van der Waals surface area contributed by atoms with Crippen molar-refractivity contribution >= 4 is 52.9 Å². The molecule has 9 heteroatoms. The molecule has 2 aromatic rings. The van der Waals surface area contributed by atoms with Crippen LogP contribution in [0.2, 0.25) is 4.34 Å². The van der Waals surface area contributed by atoms with E-state index in [4.69, 9.17) is 16.1 Å². The van der Waals surface area contributed by atoms with Crippen molar-refractivity contribution in [1.82, 2.24) is 20.4 Å². The second-order valence-electron chi connectivity index (χ2n) is 4.46. The number of nitrogens with one attached hydrogen (secondary N) is 1. The maximum atomic E-state index is 5.96. The monoisotopic (exact) mass is 455 g/mol. The second kappa shape index (κ2) is 9.31. The SMILES string of the molecule is CCNC(=NCc1noc(C)n1)N(C)Cc1ccc(Cl)s1.I.